The third kappa shape index (κ3) is 3.71. The molecule has 1 fully saturated rings. The highest BCUT2D eigenvalue weighted by Crippen LogP contribution is 2.25. The number of halogens is 3. The molecule has 122 valence electrons. The van der Waals surface area contributed by atoms with Crippen molar-refractivity contribution in [2.24, 2.45) is 0 Å². The molecule has 2 heterocycles. The molecule has 0 spiro atoms. The van der Waals surface area contributed by atoms with E-state index in [0.717, 1.165) is 4.90 Å². The first-order valence-corrected chi connectivity index (χ1v) is 6.74. The fourth-order valence-corrected chi connectivity index (χ4v) is 2.28. The Morgan fingerprint density at radius 3 is 2.59 bits per heavy atom. The molecule has 1 aromatic rings. The van der Waals surface area contributed by atoms with Gasteiger partial charge in [0.05, 0.1) is 12.8 Å². The van der Waals surface area contributed by atoms with Gasteiger partial charge in [-0.05, 0) is 18.9 Å². The van der Waals surface area contributed by atoms with Gasteiger partial charge in [0.15, 0.2) is 5.82 Å². The van der Waals surface area contributed by atoms with Crippen LogP contribution in [0.3, 0.4) is 0 Å². The molecule has 2 rings (SSSR count). The Labute approximate surface area is 125 Å². The molecule has 22 heavy (non-hydrogen) atoms. The van der Waals surface area contributed by atoms with Gasteiger partial charge in [-0.3, -0.25) is 4.79 Å². The molecule has 0 aromatic carbocycles. The van der Waals surface area contributed by atoms with Crippen molar-refractivity contribution in [2.45, 2.75) is 25.1 Å². The SMILES string of the molecule is COc1ccc(N)c(NC2CCN(C(=O)C(F)(F)F)CC2)n1. The van der Waals surface area contributed by atoms with Crippen molar-refractivity contribution in [1.29, 1.82) is 0 Å². The second-order valence-corrected chi connectivity index (χ2v) is 5.00. The van der Waals surface area contributed by atoms with Gasteiger partial charge in [0.2, 0.25) is 5.88 Å². The highest BCUT2D eigenvalue weighted by Gasteiger charge is 2.43. The van der Waals surface area contributed by atoms with Crippen LogP contribution in [0.4, 0.5) is 24.7 Å². The van der Waals surface area contributed by atoms with Crippen molar-refractivity contribution >= 4 is 17.4 Å². The molecule has 0 aliphatic carbocycles. The van der Waals surface area contributed by atoms with E-state index in [9.17, 15) is 18.0 Å². The smallest absolute Gasteiger partial charge is 0.471 e. The van der Waals surface area contributed by atoms with Gasteiger partial charge in [-0.1, -0.05) is 0 Å². The molecule has 0 saturated carbocycles. The van der Waals surface area contributed by atoms with Crippen LogP contribution in [-0.2, 0) is 4.79 Å². The third-order valence-electron chi connectivity index (χ3n) is 3.48. The topological polar surface area (TPSA) is 80.5 Å². The van der Waals surface area contributed by atoms with E-state index >= 15 is 0 Å². The lowest BCUT2D eigenvalue weighted by molar-refractivity contribution is -0.186. The van der Waals surface area contributed by atoms with Crippen LogP contribution in [0.15, 0.2) is 12.1 Å². The van der Waals surface area contributed by atoms with Gasteiger partial charge >= 0.3 is 12.1 Å². The van der Waals surface area contributed by atoms with E-state index in [4.69, 9.17) is 10.5 Å². The molecule has 6 nitrogen and oxygen atoms in total. The predicted molar refractivity (Wildman–Crippen MR) is 74.5 cm³/mol. The van der Waals surface area contributed by atoms with Gasteiger partial charge in [0.25, 0.3) is 0 Å². The molecule has 0 unspecified atom stereocenters. The number of nitrogen functional groups attached to an aromatic ring is 1. The lowest BCUT2D eigenvalue weighted by Crippen LogP contribution is -2.47. The molecule has 1 saturated heterocycles. The number of pyridine rings is 1. The quantitative estimate of drug-likeness (QED) is 0.885. The Bertz CT molecular complexity index is 543. The molecule has 9 heteroatoms. The zero-order chi connectivity index (χ0) is 16.3. The van der Waals surface area contributed by atoms with Crippen molar-refractivity contribution in [1.82, 2.24) is 9.88 Å². The van der Waals surface area contributed by atoms with Crippen molar-refractivity contribution in [3.8, 4) is 5.88 Å². The Kier molecular flexibility index (Phi) is 4.62. The Morgan fingerprint density at radius 1 is 1.41 bits per heavy atom. The Morgan fingerprint density at radius 2 is 2.05 bits per heavy atom. The summed E-state index contributed by atoms with van der Waals surface area (Å²) in [5.41, 5.74) is 6.23. The maximum Gasteiger partial charge on any atom is 0.471 e. The number of carbonyl (C=O) groups is 1. The summed E-state index contributed by atoms with van der Waals surface area (Å²) in [6.07, 6.45) is -4.04. The largest absolute Gasteiger partial charge is 0.481 e. The van der Waals surface area contributed by atoms with Crippen LogP contribution in [0.1, 0.15) is 12.8 Å². The summed E-state index contributed by atoms with van der Waals surface area (Å²) in [6, 6.07) is 3.15. The normalized spacial score (nSPS) is 16.5. The highest BCUT2D eigenvalue weighted by molar-refractivity contribution is 5.82. The van der Waals surface area contributed by atoms with Crippen LogP contribution in [0, 0.1) is 0 Å². The lowest BCUT2D eigenvalue weighted by Gasteiger charge is -2.33. The number of piperidine rings is 1. The first-order chi connectivity index (χ1) is 10.3. The number of aromatic nitrogens is 1. The fourth-order valence-electron chi connectivity index (χ4n) is 2.28. The molecule has 0 radical (unpaired) electrons. The van der Waals surface area contributed by atoms with Gasteiger partial charge in [0, 0.05) is 25.2 Å². The maximum absolute atomic E-state index is 12.4. The van der Waals surface area contributed by atoms with E-state index in [1.54, 1.807) is 12.1 Å². The summed E-state index contributed by atoms with van der Waals surface area (Å²) in [5.74, 6) is -0.966. The standard InChI is InChI=1S/C13H17F3N4O2/c1-22-10-3-2-9(17)11(19-10)18-8-4-6-20(7-5-8)12(21)13(14,15)16/h2-3,8H,4-7,17H2,1H3,(H,18,19). The molecule has 3 N–H and O–H groups in total. The summed E-state index contributed by atoms with van der Waals surface area (Å²) >= 11 is 0. The van der Waals surface area contributed by atoms with Crippen LogP contribution < -0.4 is 15.8 Å². The molecule has 1 aromatic heterocycles. The van der Waals surface area contributed by atoms with Crippen LogP contribution in [-0.4, -0.2) is 48.2 Å². The number of alkyl halides is 3. The number of amides is 1. The van der Waals surface area contributed by atoms with E-state index in [2.05, 4.69) is 10.3 Å². The number of likely N-dealkylation sites (tertiary alicyclic amines) is 1. The maximum atomic E-state index is 12.4. The monoisotopic (exact) mass is 318 g/mol. The van der Waals surface area contributed by atoms with E-state index in [1.165, 1.54) is 7.11 Å². The van der Waals surface area contributed by atoms with E-state index < -0.39 is 12.1 Å². The van der Waals surface area contributed by atoms with Crippen LogP contribution in [0.2, 0.25) is 0 Å². The average molecular weight is 318 g/mol. The lowest BCUT2D eigenvalue weighted by atomic mass is 10.0. The third-order valence-corrected chi connectivity index (χ3v) is 3.48. The van der Waals surface area contributed by atoms with Crippen LogP contribution in [0.25, 0.3) is 0 Å². The number of rotatable bonds is 3. The summed E-state index contributed by atoms with van der Waals surface area (Å²) < 4.78 is 42.1. The zero-order valence-electron chi connectivity index (χ0n) is 12.0. The number of nitrogens with zero attached hydrogens (tertiary/aromatic N) is 2. The Hall–Kier alpha value is -2.19. The number of nitrogens with one attached hydrogen (secondary N) is 1. The van der Waals surface area contributed by atoms with E-state index in [1.807, 2.05) is 0 Å². The summed E-state index contributed by atoms with van der Waals surface area (Å²) in [5, 5.41) is 3.09. The first-order valence-electron chi connectivity index (χ1n) is 6.74. The molecular formula is C13H17F3N4O2. The number of methoxy groups -OCH3 is 1. The molecule has 1 aliphatic heterocycles. The minimum absolute atomic E-state index is 0.0416. The van der Waals surface area contributed by atoms with Gasteiger partial charge in [-0.2, -0.15) is 18.2 Å². The van der Waals surface area contributed by atoms with Crippen molar-refractivity contribution < 1.29 is 22.7 Å². The average Bonchev–Trinajstić information content (AvgIpc) is 2.48. The minimum atomic E-state index is -4.82. The van der Waals surface area contributed by atoms with E-state index in [0.29, 0.717) is 30.2 Å². The fraction of sp³-hybridized carbons (Fsp3) is 0.538. The molecule has 0 bridgehead atoms. The van der Waals surface area contributed by atoms with Gasteiger partial charge in [0.1, 0.15) is 0 Å². The number of nitrogens with two attached hydrogens (primary N) is 1. The second kappa shape index (κ2) is 6.29. The van der Waals surface area contributed by atoms with Crippen LogP contribution >= 0.6 is 0 Å². The zero-order valence-corrected chi connectivity index (χ0v) is 12.0. The predicted octanol–water partition coefficient (Wildman–Crippen LogP) is 1.64. The molecule has 1 amide bonds. The van der Waals surface area contributed by atoms with Gasteiger partial charge in [-0.25, -0.2) is 0 Å². The number of hydrogen-bond acceptors (Lipinski definition) is 5. The van der Waals surface area contributed by atoms with Crippen molar-refractivity contribution in [3.63, 3.8) is 0 Å². The van der Waals surface area contributed by atoms with Crippen molar-refractivity contribution in [3.05, 3.63) is 12.1 Å². The minimum Gasteiger partial charge on any atom is -0.481 e. The first kappa shape index (κ1) is 16.2. The number of ether oxygens (including phenoxy) is 1. The summed E-state index contributed by atoms with van der Waals surface area (Å²) in [6.45, 7) is 0.0831. The number of hydrogen-bond donors (Lipinski definition) is 2. The highest BCUT2D eigenvalue weighted by atomic mass is 19.4. The molecule has 1 aliphatic rings. The summed E-state index contributed by atoms with van der Waals surface area (Å²) in [4.78, 5) is 16.1. The van der Waals surface area contributed by atoms with Crippen LogP contribution in [0.5, 0.6) is 5.88 Å². The number of anilines is 2. The van der Waals surface area contributed by atoms with Crippen molar-refractivity contribution in [2.75, 3.05) is 31.2 Å². The Balaban J connectivity index is 1.94. The van der Waals surface area contributed by atoms with E-state index in [-0.39, 0.29) is 19.1 Å². The molecule has 0 atom stereocenters. The number of carbonyl (C=O) groups excluding carboxylic acids is 1. The van der Waals surface area contributed by atoms with Gasteiger partial charge < -0.3 is 20.7 Å². The molecular weight excluding hydrogens is 301 g/mol. The van der Waals surface area contributed by atoms with Gasteiger partial charge in [-0.15, -0.1) is 0 Å². The summed E-state index contributed by atoms with van der Waals surface area (Å²) in [7, 11) is 1.48. The second-order valence-electron chi connectivity index (χ2n) is 5.00.